The summed E-state index contributed by atoms with van der Waals surface area (Å²) in [6.07, 6.45) is -1.21. The van der Waals surface area contributed by atoms with Crippen molar-refractivity contribution in [1.29, 1.82) is 0 Å². The highest BCUT2D eigenvalue weighted by atomic mass is 16.6. The Morgan fingerprint density at radius 3 is 1.18 bits per heavy atom. The minimum atomic E-state index is -1.57. The topological polar surface area (TPSA) is 457 Å². The maximum Gasteiger partial charge on any atom is 0.353 e. The zero-order valence-electron chi connectivity index (χ0n) is 63.1. The number of hydrogen-bond acceptors (Lipinski definition) is 31. The Hall–Kier alpha value is -9.83. The molecule has 0 radical (unpaired) electrons. The van der Waals surface area contributed by atoms with Crippen molar-refractivity contribution < 1.29 is 136 Å². The zero-order chi connectivity index (χ0) is 80.4. The molecule has 6 aliphatic heterocycles. The number of nitrogens with zero attached hydrogens (tertiary/aromatic N) is 3. The molecule has 6 bridgehead atoms. The molecule has 0 amide bonds. The molecule has 620 valence electrons. The quantitative estimate of drug-likeness (QED) is 0.0532. The lowest BCUT2D eigenvalue weighted by molar-refractivity contribution is -0.182. The molecule has 3 spiro atoms. The van der Waals surface area contributed by atoms with E-state index in [9.17, 15) is 83.4 Å². The molecule has 3 aromatic rings. The van der Waals surface area contributed by atoms with Gasteiger partial charge in [0.2, 0.25) is 12.2 Å². The highest BCUT2D eigenvalue weighted by Gasteiger charge is 2.75. The number of phenols is 3. The van der Waals surface area contributed by atoms with Crippen LogP contribution < -0.4 is 19.9 Å². The van der Waals surface area contributed by atoms with Crippen LogP contribution >= 0.6 is 0 Å². The molecule has 15 rings (SSSR count). The van der Waals surface area contributed by atoms with Crippen LogP contribution in [-0.4, -0.2) is 240 Å². The summed E-state index contributed by atoms with van der Waals surface area (Å²) < 4.78 is 56.2. The molecular weight excluding hydrogens is 1490 g/mol. The molecule has 32 nitrogen and oxygen atoms in total. The number of ether oxygens (including phenoxy) is 10. The highest BCUT2D eigenvalue weighted by Crippen LogP contribution is 2.69. The maximum absolute atomic E-state index is 13.1. The van der Waals surface area contributed by atoms with Gasteiger partial charge in [0.05, 0.1) is 58.2 Å². The number of carbonyl (C=O) groups is 11. The zero-order valence-corrected chi connectivity index (χ0v) is 63.1. The number of ketones is 3. The number of piperidine rings is 3. The Bertz CT molecular complexity index is 4550. The van der Waals surface area contributed by atoms with Gasteiger partial charge in [-0.1, -0.05) is 47.4 Å². The molecule has 18 atom stereocenters. The maximum atomic E-state index is 13.1. The fourth-order valence-electron chi connectivity index (χ4n) is 19.5. The Labute approximate surface area is 659 Å². The largest absolute Gasteiger partial charge is 0.504 e. The SMILES string of the molecule is C.C.C.CC(=O)C[C@H](N)C(=O)O[C@@H](C)C(=O)OC1=CC[C@@]2(O)[C@H]3Cc4ccc(O)c5c4[C@@]2(CCN3C)[C@H]1O5.CC(=O)C[C@H](OC(=O)CCC(=O)O)C(=O)OC1=CC[C@@]2(O)[C@H]3Cc4ccc(O)c5c4[C@@]2(CCN3C)[C@H]1O5.CC(=O)O[C@@H](C(=O)O[C@@H](C)C(=O)OC1=CC[C@@]2(O)[C@H]3Cc4ccc(O)c5c4[C@@]2(CCN3C)[C@H]1O5)[C@@H](C)C(C)=O. The number of carboxylic acids is 1. The number of phenolic OH excluding ortho intramolecular Hbond substituents is 3. The molecule has 6 aliphatic carbocycles. The standard InChI is InChI=1S/C28H33NO10.C26H29NO10.C25H30N2O8.3CH4/c1-13(14(2)30)22(37-16(4)31)26(34)36-15(3)25(33)38-19-8-9-28(35)20-12-17-6-7-18(32)23-21(17)27(28,24(19)39-23)10-11-29(20)5;1-13(28)11-17(35-20(32)6-5-19(30)31)24(33)36-16-7-8-26(34)18-12-14-3-4-15(29)22-21(14)25(26,23(16)37-22)9-10-27(18)2;1-12(28)10-15(26)23(31)33-13(2)22(30)34-17-6-7-25(32)18-11-14-4-5-16(29)20-19(14)24(25,21(17)35-20)8-9-27(18)3;;;/h6-8,13,15,20,22,24,32,35H,9-12H2,1-5H3;3-4,7,17-18,23,29,34H,5-6,8-12H2,1-2H3,(H,30,31);4-6,13,15,18,21,29,32H,7-11,26H2,1-3H3;3*1H4/t13-,15-,20+,22+,24-,27-,28+;17-,18+,23-,25-,26+;13-,15-,18+,21-,24-,25+;;;/m000.../s1. The van der Waals surface area contributed by atoms with Crippen molar-refractivity contribution in [3.63, 3.8) is 0 Å². The second-order valence-corrected chi connectivity index (χ2v) is 31.4. The fraction of sp³-hybridized carbons (Fsp3) is 0.573. The Balaban J connectivity index is 0.000000179. The van der Waals surface area contributed by atoms with E-state index < -0.39 is 166 Å². The third kappa shape index (κ3) is 13.8. The van der Waals surface area contributed by atoms with Gasteiger partial charge in [-0.25, -0.2) is 19.2 Å². The number of aliphatic hydroxyl groups is 3. The summed E-state index contributed by atoms with van der Waals surface area (Å²) in [4.78, 5) is 139. The number of carbonyl (C=O) groups excluding carboxylic acids is 10. The van der Waals surface area contributed by atoms with Gasteiger partial charge in [-0.05, 0) is 167 Å². The number of likely N-dealkylation sites (N-methyl/N-ethyl adjacent to an activating group) is 3. The molecule has 0 saturated carbocycles. The monoisotopic (exact) mass is 1590 g/mol. The molecule has 0 unspecified atom stereocenters. The van der Waals surface area contributed by atoms with Crippen LogP contribution in [0.15, 0.2) is 71.9 Å². The minimum Gasteiger partial charge on any atom is -0.504 e. The van der Waals surface area contributed by atoms with E-state index >= 15 is 0 Å². The van der Waals surface area contributed by atoms with Crippen LogP contribution in [0.4, 0.5) is 0 Å². The van der Waals surface area contributed by atoms with Crippen molar-refractivity contribution in [2.45, 2.75) is 254 Å². The van der Waals surface area contributed by atoms with Crippen molar-refractivity contribution in [2.75, 3.05) is 40.8 Å². The third-order valence-electron chi connectivity index (χ3n) is 24.9. The van der Waals surface area contributed by atoms with Crippen molar-refractivity contribution in [3.8, 4) is 34.5 Å². The minimum absolute atomic E-state index is 0. The molecule has 6 heterocycles. The molecule has 3 saturated heterocycles. The number of likely N-dealkylation sites (tertiary alicyclic amines) is 3. The van der Waals surface area contributed by atoms with Crippen molar-refractivity contribution in [2.24, 2.45) is 11.7 Å². The lowest BCUT2D eigenvalue weighted by atomic mass is 9.50. The van der Waals surface area contributed by atoms with E-state index in [1.165, 1.54) is 41.5 Å². The molecule has 0 aromatic heterocycles. The molecule has 114 heavy (non-hydrogen) atoms. The van der Waals surface area contributed by atoms with Gasteiger partial charge in [-0.3, -0.25) is 33.6 Å². The highest BCUT2D eigenvalue weighted by molar-refractivity contribution is 5.91. The predicted octanol–water partition coefficient (Wildman–Crippen LogP) is 4.63. The van der Waals surface area contributed by atoms with Gasteiger partial charge in [-0.15, -0.1) is 0 Å². The van der Waals surface area contributed by atoms with Gasteiger partial charge in [0.25, 0.3) is 0 Å². The average molecular weight is 1590 g/mol. The first kappa shape index (κ1) is 86.6. The first-order valence-electron chi connectivity index (χ1n) is 37.1. The Kier molecular flexibility index (Phi) is 24.1. The molecule has 12 aliphatic rings. The summed E-state index contributed by atoms with van der Waals surface area (Å²) in [7, 11) is 5.91. The normalized spacial score (nSPS) is 30.0. The van der Waals surface area contributed by atoms with Crippen molar-refractivity contribution >= 4 is 65.1 Å². The number of carboxylic acid groups (broad SMARTS) is 1. The van der Waals surface area contributed by atoms with Gasteiger partial charge in [0.15, 0.2) is 65.0 Å². The van der Waals surface area contributed by atoms with Crippen molar-refractivity contribution in [1.82, 2.24) is 14.7 Å². The number of hydrogen-bond donors (Lipinski definition) is 8. The van der Waals surface area contributed by atoms with E-state index in [4.69, 9.17) is 58.2 Å². The number of esters is 7. The molecule has 9 N–H and O–H groups in total. The van der Waals surface area contributed by atoms with Gasteiger partial charge in [0, 0.05) is 67.4 Å². The van der Waals surface area contributed by atoms with E-state index in [2.05, 4.69) is 14.7 Å². The second kappa shape index (κ2) is 31.8. The average Bonchev–Trinajstić information content (AvgIpc) is 1.51. The number of aromatic hydroxyl groups is 3. The molecule has 3 fully saturated rings. The molecule has 32 heteroatoms. The number of rotatable bonds is 21. The van der Waals surface area contributed by atoms with Crippen molar-refractivity contribution in [3.05, 3.63) is 105 Å². The second-order valence-electron chi connectivity index (χ2n) is 31.4. The Morgan fingerprint density at radius 2 is 0.842 bits per heavy atom. The van der Waals surface area contributed by atoms with E-state index in [-0.39, 0.29) is 118 Å². The van der Waals surface area contributed by atoms with Crippen LogP contribution in [0.2, 0.25) is 0 Å². The van der Waals surface area contributed by atoms with E-state index in [1.807, 2.05) is 39.3 Å². The summed E-state index contributed by atoms with van der Waals surface area (Å²) in [6.45, 7) is 11.0. The smallest absolute Gasteiger partial charge is 0.353 e. The number of aliphatic carboxylic acids is 1. The van der Waals surface area contributed by atoms with E-state index in [1.54, 1.807) is 36.4 Å². The number of Topliss-reactive ketones (excluding diaryl/α,β-unsaturated/α-hetero) is 3. The molecule has 3 aromatic carbocycles. The summed E-state index contributed by atoms with van der Waals surface area (Å²) in [5, 5.41) is 77.0. The third-order valence-corrected chi connectivity index (χ3v) is 24.9. The van der Waals surface area contributed by atoms with Crippen LogP contribution in [-0.2, 0) is 121 Å². The van der Waals surface area contributed by atoms with Gasteiger partial charge in [-0.2, -0.15) is 0 Å². The first-order valence-corrected chi connectivity index (χ1v) is 37.1. The molecular formula is C82H104N4O28. The van der Waals surface area contributed by atoms with Gasteiger partial charge >= 0.3 is 47.8 Å². The fourth-order valence-corrected chi connectivity index (χ4v) is 19.5. The Morgan fingerprint density at radius 1 is 0.491 bits per heavy atom. The lowest BCUT2D eigenvalue weighted by Gasteiger charge is -2.61. The van der Waals surface area contributed by atoms with E-state index in [0.29, 0.717) is 63.9 Å². The lowest BCUT2D eigenvalue weighted by Crippen LogP contribution is -2.74. The summed E-state index contributed by atoms with van der Waals surface area (Å²) in [6, 6.07) is 8.50. The van der Waals surface area contributed by atoms with E-state index in [0.717, 1.165) is 40.3 Å². The van der Waals surface area contributed by atoms with Crippen LogP contribution in [0.1, 0.15) is 168 Å². The number of nitrogens with two attached hydrogens (primary N) is 1. The van der Waals surface area contributed by atoms with Gasteiger partial charge < -0.3 is 104 Å². The summed E-state index contributed by atoms with van der Waals surface area (Å²) in [5.74, 6) is -8.47. The predicted molar refractivity (Wildman–Crippen MR) is 400 cm³/mol. The summed E-state index contributed by atoms with van der Waals surface area (Å²) in [5.41, 5.74) is 4.42. The van der Waals surface area contributed by atoms with Crippen LogP contribution in [0.25, 0.3) is 0 Å². The number of benzene rings is 3. The van der Waals surface area contributed by atoms with Crippen LogP contribution in [0.5, 0.6) is 34.5 Å². The summed E-state index contributed by atoms with van der Waals surface area (Å²) >= 11 is 0. The van der Waals surface area contributed by atoms with Crippen LogP contribution in [0.3, 0.4) is 0 Å². The van der Waals surface area contributed by atoms with Crippen LogP contribution in [0, 0.1) is 5.92 Å². The first-order chi connectivity index (χ1) is 52.3. The van der Waals surface area contributed by atoms with Gasteiger partial charge in [0.1, 0.15) is 40.7 Å².